The normalized spacial score (nSPS) is 12.1. The number of nitrogens with zero attached hydrogens (tertiary/aromatic N) is 4. The van der Waals surface area contributed by atoms with Gasteiger partial charge in [-0.3, -0.25) is 4.79 Å². The molecule has 0 amide bonds. The summed E-state index contributed by atoms with van der Waals surface area (Å²) in [6.45, 7) is 1.78. The van der Waals surface area contributed by atoms with Crippen LogP contribution >= 0.6 is 0 Å². The van der Waals surface area contributed by atoms with E-state index in [1.165, 1.54) is 0 Å². The number of carboxylic acids is 1. The Kier molecular flexibility index (Phi) is 4.29. The van der Waals surface area contributed by atoms with Gasteiger partial charge in [-0.05, 0) is 35.0 Å². The van der Waals surface area contributed by atoms with Gasteiger partial charge in [-0.15, -0.1) is 5.10 Å². The summed E-state index contributed by atoms with van der Waals surface area (Å²) in [6.07, 6.45) is 0.529. The number of hydrogen-bond acceptors (Lipinski definition) is 5. The Hall–Kier alpha value is -2.44. The Labute approximate surface area is 116 Å². The minimum Gasteiger partial charge on any atom is -0.497 e. The molecule has 2 aromatic rings. The van der Waals surface area contributed by atoms with Crippen molar-refractivity contribution in [1.82, 2.24) is 20.2 Å². The number of methoxy groups -OCH3 is 1. The van der Waals surface area contributed by atoms with Crippen LogP contribution in [0.15, 0.2) is 24.3 Å². The summed E-state index contributed by atoms with van der Waals surface area (Å²) in [5.41, 5.74) is 1.03. The Morgan fingerprint density at radius 3 is 2.70 bits per heavy atom. The maximum Gasteiger partial charge on any atom is 0.305 e. The Balaban J connectivity index is 2.13. The van der Waals surface area contributed by atoms with Gasteiger partial charge in [-0.1, -0.05) is 12.1 Å². The smallest absolute Gasteiger partial charge is 0.305 e. The van der Waals surface area contributed by atoms with Crippen LogP contribution in [0.5, 0.6) is 5.75 Å². The van der Waals surface area contributed by atoms with E-state index in [2.05, 4.69) is 15.5 Å². The van der Waals surface area contributed by atoms with E-state index in [1.807, 2.05) is 24.3 Å². The lowest BCUT2D eigenvalue weighted by Crippen LogP contribution is -2.15. The van der Waals surface area contributed by atoms with Crippen LogP contribution in [0.2, 0.25) is 0 Å². The number of carboxylic acid groups (broad SMARTS) is 1. The van der Waals surface area contributed by atoms with Gasteiger partial charge in [0.2, 0.25) is 0 Å². The first-order valence-corrected chi connectivity index (χ1v) is 6.21. The van der Waals surface area contributed by atoms with E-state index in [0.29, 0.717) is 12.2 Å². The van der Waals surface area contributed by atoms with E-state index in [9.17, 15) is 4.79 Å². The van der Waals surface area contributed by atoms with Gasteiger partial charge in [-0.25, -0.2) is 4.68 Å². The summed E-state index contributed by atoms with van der Waals surface area (Å²) >= 11 is 0. The van der Waals surface area contributed by atoms with Gasteiger partial charge in [0.25, 0.3) is 0 Å². The minimum atomic E-state index is -0.872. The summed E-state index contributed by atoms with van der Waals surface area (Å²) in [5.74, 6) is 0.555. The maximum atomic E-state index is 10.7. The number of rotatable bonds is 6. The number of aliphatic carboxylic acids is 1. The van der Waals surface area contributed by atoms with Crippen molar-refractivity contribution in [3.63, 3.8) is 0 Å². The third kappa shape index (κ3) is 3.31. The highest BCUT2D eigenvalue weighted by atomic mass is 16.5. The summed E-state index contributed by atoms with van der Waals surface area (Å²) in [5, 5.41) is 20.3. The monoisotopic (exact) mass is 276 g/mol. The largest absolute Gasteiger partial charge is 0.497 e. The van der Waals surface area contributed by atoms with Crippen LogP contribution in [0.4, 0.5) is 0 Å². The molecule has 0 saturated carbocycles. The van der Waals surface area contributed by atoms with E-state index in [0.717, 1.165) is 11.3 Å². The summed E-state index contributed by atoms with van der Waals surface area (Å²) in [7, 11) is 1.61. The molecule has 1 unspecified atom stereocenters. The highest BCUT2D eigenvalue weighted by Crippen LogP contribution is 2.16. The van der Waals surface area contributed by atoms with Crippen molar-refractivity contribution in [3.8, 4) is 5.75 Å². The van der Waals surface area contributed by atoms with Crippen LogP contribution in [0.1, 0.15) is 30.8 Å². The summed E-state index contributed by atoms with van der Waals surface area (Å²) in [4.78, 5) is 10.7. The van der Waals surface area contributed by atoms with Gasteiger partial charge in [0.1, 0.15) is 5.75 Å². The lowest BCUT2D eigenvalue weighted by Gasteiger charge is -2.11. The van der Waals surface area contributed by atoms with Crippen LogP contribution in [-0.2, 0) is 11.2 Å². The van der Waals surface area contributed by atoms with Gasteiger partial charge in [-0.2, -0.15) is 0 Å². The molecular weight excluding hydrogens is 260 g/mol. The van der Waals surface area contributed by atoms with Crippen molar-refractivity contribution in [2.24, 2.45) is 0 Å². The lowest BCUT2D eigenvalue weighted by atomic mass is 10.1. The van der Waals surface area contributed by atoms with E-state index < -0.39 is 5.97 Å². The predicted molar refractivity (Wildman–Crippen MR) is 70.6 cm³/mol. The Bertz CT molecular complexity index is 580. The molecule has 0 aliphatic rings. The second-order valence-corrected chi connectivity index (χ2v) is 4.51. The molecule has 7 heteroatoms. The fourth-order valence-corrected chi connectivity index (χ4v) is 1.94. The average molecular weight is 276 g/mol. The molecule has 1 heterocycles. The molecule has 0 aliphatic heterocycles. The van der Waals surface area contributed by atoms with E-state index >= 15 is 0 Å². The number of carbonyl (C=O) groups is 1. The van der Waals surface area contributed by atoms with Gasteiger partial charge < -0.3 is 9.84 Å². The molecule has 1 aromatic heterocycles. The second-order valence-electron chi connectivity index (χ2n) is 4.51. The molecule has 0 saturated heterocycles. The highest BCUT2D eigenvalue weighted by molar-refractivity contribution is 5.67. The molecule has 1 aromatic carbocycles. The number of benzene rings is 1. The molecule has 0 fully saturated rings. The third-order valence-electron chi connectivity index (χ3n) is 2.97. The Morgan fingerprint density at radius 2 is 2.10 bits per heavy atom. The zero-order chi connectivity index (χ0) is 14.5. The standard InChI is InChI=1S/C13H16N4O3/c1-9(7-13(18)19)17-12(14-15-16-17)8-10-3-5-11(20-2)6-4-10/h3-6,9H,7-8H2,1-2H3,(H,18,19). The fraction of sp³-hybridized carbons (Fsp3) is 0.385. The van der Waals surface area contributed by atoms with Crippen LogP contribution in [0.3, 0.4) is 0 Å². The van der Waals surface area contributed by atoms with E-state index in [4.69, 9.17) is 9.84 Å². The van der Waals surface area contributed by atoms with Gasteiger partial charge in [0, 0.05) is 6.42 Å². The van der Waals surface area contributed by atoms with E-state index in [1.54, 1.807) is 18.7 Å². The van der Waals surface area contributed by atoms with Crippen LogP contribution in [0, 0.1) is 0 Å². The zero-order valence-corrected chi connectivity index (χ0v) is 11.4. The molecule has 7 nitrogen and oxygen atoms in total. The minimum absolute atomic E-state index is 0.0132. The number of aromatic nitrogens is 4. The SMILES string of the molecule is COc1ccc(Cc2nnnn2C(C)CC(=O)O)cc1. The molecule has 0 radical (unpaired) electrons. The first-order chi connectivity index (χ1) is 9.60. The molecular formula is C13H16N4O3. The molecule has 1 N–H and O–H groups in total. The second kappa shape index (κ2) is 6.14. The number of tetrazole rings is 1. The fourth-order valence-electron chi connectivity index (χ4n) is 1.94. The molecule has 0 aliphatic carbocycles. The van der Waals surface area contributed by atoms with Crippen molar-refractivity contribution in [3.05, 3.63) is 35.7 Å². The van der Waals surface area contributed by atoms with Crippen LogP contribution in [-0.4, -0.2) is 38.4 Å². The number of hydrogen-bond donors (Lipinski definition) is 1. The van der Waals surface area contributed by atoms with E-state index in [-0.39, 0.29) is 12.5 Å². The van der Waals surface area contributed by atoms with Crippen molar-refractivity contribution in [2.75, 3.05) is 7.11 Å². The Morgan fingerprint density at radius 1 is 1.40 bits per heavy atom. The van der Waals surface area contributed by atoms with Gasteiger partial charge >= 0.3 is 5.97 Å². The maximum absolute atomic E-state index is 10.7. The van der Waals surface area contributed by atoms with Gasteiger partial charge in [0.05, 0.1) is 19.6 Å². The highest BCUT2D eigenvalue weighted by Gasteiger charge is 2.16. The first-order valence-electron chi connectivity index (χ1n) is 6.21. The molecule has 2 rings (SSSR count). The predicted octanol–water partition coefficient (Wildman–Crippen LogP) is 1.31. The summed E-state index contributed by atoms with van der Waals surface area (Å²) < 4.78 is 6.65. The third-order valence-corrected chi connectivity index (χ3v) is 2.97. The van der Waals surface area contributed by atoms with Crippen molar-refractivity contribution in [2.45, 2.75) is 25.8 Å². The van der Waals surface area contributed by atoms with Crippen molar-refractivity contribution < 1.29 is 14.6 Å². The zero-order valence-electron chi connectivity index (χ0n) is 11.4. The lowest BCUT2D eigenvalue weighted by molar-refractivity contribution is -0.137. The van der Waals surface area contributed by atoms with Gasteiger partial charge in [0.15, 0.2) is 5.82 Å². The average Bonchev–Trinajstić information content (AvgIpc) is 2.87. The van der Waals surface area contributed by atoms with Crippen LogP contribution < -0.4 is 4.74 Å². The topological polar surface area (TPSA) is 90.1 Å². The van der Waals surface area contributed by atoms with Crippen molar-refractivity contribution >= 4 is 5.97 Å². The molecule has 0 spiro atoms. The van der Waals surface area contributed by atoms with Crippen molar-refractivity contribution in [1.29, 1.82) is 0 Å². The number of ether oxygens (including phenoxy) is 1. The molecule has 1 atom stereocenters. The molecule has 0 bridgehead atoms. The summed E-state index contributed by atoms with van der Waals surface area (Å²) in [6, 6.07) is 7.31. The van der Waals surface area contributed by atoms with Crippen LogP contribution in [0.25, 0.3) is 0 Å². The quantitative estimate of drug-likeness (QED) is 0.855. The first kappa shape index (κ1) is 14.0. The molecule has 106 valence electrons. The molecule has 20 heavy (non-hydrogen) atoms.